The second kappa shape index (κ2) is 5.87. The van der Waals surface area contributed by atoms with Gasteiger partial charge in [0.05, 0.1) is 0 Å². The first kappa shape index (κ1) is 12.9. The molecule has 0 aliphatic carbocycles. The van der Waals surface area contributed by atoms with Crippen LogP contribution in [0.15, 0.2) is 24.3 Å². The van der Waals surface area contributed by atoms with Crippen LogP contribution >= 0.6 is 11.8 Å². The minimum atomic E-state index is -0.0443. The lowest BCUT2D eigenvalue weighted by Gasteiger charge is -2.43. The molecule has 1 aromatic carbocycles. The normalized spacial score (nSPS) is 17.8. The predicted molar refractivity (Wildman–Crippen MR) is 73.2 cm³/mol. The van der Waals surface area contributed by atoms with E-state index in [4.69, 9.17) is 0 Å². The number of thioether (sulfide) groups is 1. The van der Waals surface area contributed by atoms with Crippen LogP contribution in [0.5, 0.6) is 0 Å². The van der Waals surface area contributed by atoms with Crippen molar-refractivity contribution in [2.45, 2.75) is 25.2 Å². The molecule has 0 unspecified atom stereocenters. The molecule has 1 saturated heterocycles. The first-order valence-electron chi connectivity index (χ1n) is 6.32. The average molecular weight is 253 g/mol. The third-order valence-corrected chi connectivity index (χ3v) is 4.51. The maximum atomic E-state index is 13.8. The molecule has 17 heavy (non-hydrogen) atoms. The predicted octanol–water partition coefficient (Wildman–Crippen LogP) is 3.20. The van der Waals surface area contributed by atoms with Crippen LogP contribution in [0.25, 0.3) is 0 Å². The van der Waals surface area contributed by atoms with Gasteiger partial charge >= 0.3 is 0 Å². The molecule has 1 heterocycles. The molecule has 0 aromatic heterocycles. The van der Waals surface area contributed by atoms with Gasteiger partial charge in [0.2, 0.25) is 0 Å². The van der Waals surface area contributed by atoms with Crippen LogP contribution in [0.4, 0.5) is 4.39 Å². The van der Waals surface area contributed by atoms with Gasteiger partial charge in [-0.3, -0.25) is 0 Å². The van der Waals surface area contributed by atoms with Gasteiger partial charge in [0.15, 0.2) is 0 Å². The lowest BCUT2D eigenvalue weighted by Crippen LogP contribution is -2.57. The molecule has 0 radical (unpaired) electrons. The maximum Gasteiger partial charge on any atom is 0.127 e. The third kappa shape index (κ3) is 2.83. The van der Waals surface area contributed by atoms with Crippen molar-refractivity contribution in [3.05, 3.63) is 35.6 Å². The largest absolute Gasteiger partial charge is 0.315 e. The van der Waals surface area contributed by atoms with E-state index >= 15 is 0 Å². The topological polar surface area (TPSA) is 12.0 Å². The van der Waals surface area contributed by atoms with Crippen LogP contribution in [-0.2, 0) is 5.41 Å². The van der Waals surface area contributed by atoms with Crippen molar-refractivity contribution in [3.8, 4) is 0 Å². The lowest BCUT2D eigenvalue weighted by atomic mass is 9.72. The molecule has 1 nitrogen and oxygen atoms in total. The van der Waals surface area contributed by atoms with Gasteiger partial charge in [0, 0.05) is 18.5 Å². The van der Waals surface area contributed by atoms with E-state index in [2.05, 4.69) is 12.2 Å². The first-order valence-corrected chi connectivity index (χ1v) is 7.47. The molecule has 0 amide bonds. The van der Waals surface area contributed by atoms with Crippen molar-refractivity contribution in [1.82, 2.24) is 5.32 Å². The SMILES string of the molecule is CCSCCCC1(c2ccccc2F)CNC1. The molecule has 1 N–H and O–H groups in total. The van der Waals surface area contributed by atoms with Crippen molar-refractivity contribution in [2.24, 2.45) is 0 Å². The van der Waals surface area contributed by atoms with Gasteiger partial charge in [0.1, 0.15) is 5.82 Å². The van der Waals surface area contributed by atoms with E-state index < -0.39 is 0 Å². The quantitative estimate of drug-likeness (QED) is 0.781. The molecular weight excluding hydrogens is 233 g/mol. The molecule has 0 saturated carbocycles. The smallest absolute Gasteiger partial charge is 0.127 e. The van der Waals surface area contributed by atoms with Gasteiger partial charge in [-0.15, -0.1) is 0 Å². The number of rotatable bonds is 6. The Balaban J connectivity index is 2.02. The highest BCUT2D eigenvalue weighted by Gasteiger charge is 2.39. The van der Waals surface area contributed by atoms with Crippen LogP contribution in [0.1, 0.15) is 25.3 Å². The van der Waals surface area contributed by atoms with Crippen LogP contribution in [0, 0.1) is 5.82 Å². The van der Waals surface area contributed by atoms with Crippen LogP contribution in [0.2, 0.25) is 0 Å². The molecular formula is C14H20FNS. The molecule has 1 aliphatic heterocycles. The van der Waals surface area contributed by atoms with Crippen molar-refractivity contribution >= 4 is 11.8 Å². The van der Waals surface area contributed by atoms with Gasteiger partial charge in [-0.1, -0.05) is 25.1 Å². The number of benzene rings is 1. The molecule has 2 rings (SSSR count). The fourth-order valence-electron chi connectivity index (χ4n) is 2.48. The number of nitrogens with one attached hydrogen (secondary N) is 1. The van der Waals surface area contributed by atoms with E-state index in [0.717, 1.165) is 25.1 Å². The summed E-state index contributed by atoms with van der Waals surface area (Å²) in [4.78, 5) is 0. The van der Waals surface area contributed by atoms with Crippen LogP contribution in [0.3, 0.4) is 0 Å². The lowest BCUT2D eigenvalue weighted by molar-refractivity contribution is 0.248. The summed E-state index contributed by atoms with van der Waals surface area (Å²) in [5, 5.41) is 3.30. The Kier molecular flexibility index (Phi) is 4.46. The first-order chi connectivity index (χ1) is 8.28. The Hall–Kier alpha value is -0.540. The van der Waals surface area contributed by atoms with E-state index in [1.54, 1.807) is 12.1 Å². The van der Waals surface area contributed by atoms with Gasteiger partial charge in [0.25, 0.3) is 0 Å². The molecule has 0 spiro atoms. The van der Waals surface area contributed by atoms with Crippen molar-refractivity contribution in [2.75, 3.05) is 24.6 Å². The fourth-order valence-corrected chi connectivity index (χ4v) is 3.11. The summed E-state index contributed by atoms with van der Waals surface area (Å²) in [6, 6.07) is 7.24. The molecule has 1 fully saturated rings. The van der Waals surface area contributed by atoms with E-state index in [1.807, 2.05) is 23.9 Å². The summed E-state index contributed by atoms with van der Waals surface area (Å²) in [5.41, 5.74) is 0.958. The standard InChI is InChI=1S/C14H20FNS/c1-2-17-9-5-8-14(10-16-11-14)12-6-3-4-7-13(12)15/h3-4,6-7,16H,2,5,8-11H2,1H3. The Morgan fingerprint density at radius 1 is 1.35 bits per heavy atom. The Morgan fingerprint density at radius 2 is 2.12 bits per heavy atom. The van der Waals surface area contributed by atoms with Crippen molar-refractivity contribution in [3.63, 3.8) is 0 Å². The van der Waals surface area contributed by atoms with Gasteiger partial charge in [-0.25, -0.2) is 4.39 Å². The summed E-state index contributed by atoms with van der Waals surface area (Å²) >= 11 is 1.97. The molecule has 0 atom stereocenters. The van der Waals surface area contributed by atoms with E-state index in [-0.39, 0.29) is 11.2 Å². The van der Waals surface area contributed by atoms with Crippen molar-refractivity contribution in [1.29, 1.82) is 0 Å². The summed E-state index contributed by atoms with van der Waals surface area (Å²) < 4.78 is 13.8. The monoisotopic (exact) mass is 253 g/mol. The zero-order chi connectivity index (χ0) is 12.1. The molecule has 94 valence electrons. The van der Waals surface area contributed by atoms with Gasteiger partial charge in [-0.05, 0) is 36.0 Å². The molecule has 0 bridgehead atoms. The number of halogens is 1. The third-order valence-electron chi connectivity index (χ3n) is 3.52. The fraction of sp³-hybridized carbons (Fsp3) is 0.571. The highest BCUT2D eigenvalue weighted by Crippen LogP contribution is 2.35. The van der Waals surface area contributed by atoms with E-state index in [1.165, 1.54) is 17.9 Å². The number of hydrogen-bond acceptors (Lipinski definition) is 2. The molecule has 1 aromatic rings. The second-order valence-corrected chi connectivity index (χ2v) is 6.06. The Labute approximate surface area is 107 Å². The van der Waals surface area contributed by atoms with Gasteiger partial charge in [-0.2, -0.15) is 11.8 Å². The zero-order valence-electron chi connectivity index (χ0n) is 10.3. The van der Waals surface area contributed by atoms with Crippen molar-refractivity contribution < 1.29 is 4.39 Å². The summed E-state index contributed by atoms with van der Waals surface area (Å²) in [6.07, 6.45) is 2.27. The Bertz CT molecular complexity index is 363. The minimum absolute atomic E-state index is 0.0443. The number of hydrogen-bond donors (Lipinski definition) is 1. The van der Waals surface area contributed by atoms with Crippen LogP contribution < -0.4 is 5.32 Å². The summed E-state index contributed by atoms with van der Waals surface area (Å²) in [5.74, 6) is 2.31. The summed E-state index contributed by atoms with van der Waals surface area (Å²) in [7, 11) is 0. The molecule has 1 aliphatic rings. The molecule has 3 heteroatoms. The van der Waals surface area contributed by atoms with E-state index in [9.17, 15) is 4.39 Å². The zero-order valence-corrected chi connectivity index (χ0v) is 11.2. The van der Waals surface area contributed by atoms with Crippen LogP contribution in [-0.4, -0.2) is 24.6 Å². The van der Waals surface area contributed by atoms with E-state index in [0.29, 0.717) is 0 Å². The highest BCUT2D eigenvalue weighted by molar-refractivity contribution is 7.99. The summed E-state index contributed by atoms with van der Waals surface area (Å²) in [6.45, 7) is 4.03. The van der Waals surface area contributed by atoms with Gasteiger partial charge < -0.3 is 5.32 Å². The highest BCUT2D eigenvalue weighted by atomic mass is 32.2. The minimum Gasteiger partial charge on any atom is -0.315 e. The maximum absolute atomic E-state index is 13.8. The second-order valence-electron chi connectivity index (χ2n) is 4.66. The Morgan fingerprint density at radius 3 is 2.71 bits per heavy atom. The average Bonchev–Trinajstić information content (AvgIpc) is 2.29.